The van der Waals surface area contributed by atoms with Crippen LogP contribution < -0.4 is 0 Å². The van der Waals surface area contributed by atoms with Crippen molar-refractivity contribution >= 4 is 5.91 Å². The minimum Gasteiger partial charge on any atom is -0.393 e. The summed E-state index contributed by atoms with van der Waals surface area (Å²) in [6, 6.07) is 0. The number of aliphatic hydroxyl groups is 1. The van der Waals surface area contributed by atoms with Gasteiger partial charge in [-0.25, -0.2) is 0 Å². The van der Waals surface area contributed by atoms with Crippen LogP contribution >= 0.6 is 0 Å². The minimum atomic E-state index is -0.108. The summed E-state index contributed by atoms with van der Waals surface area (Å²) >= 11 is 0. The Bertz CT molecular complexity index is 242. The van der Waals surface area contributed by atoms with Crippen LogP contribution in [0.2, 0.25) is 0 Å². The van der Waals surface area contributed by atoms with Crippen molar-refractivity contribution in [1.82, 2.24) is 4.90 Å². The van der Waals surface area contributed by atoms with E-state index in [9.17, 15) is 9.90 Å². The van der Waals surface area contributed by atoms with E-state index in [-0.39, 0.29) is 12.0 Å². The molecule has 2 fully saturated rings. The van der Waals surface area contributed by atoms with Crippen molar-refractivity contribution in [3.63, 3.8) is 0 Å². The summed E-state index contributed by atoms with van der Waals surface area (Å²) in [4.78, 5) is 14.0. The van der Waals surface area contributed by atoms with Gasteiger partial charge in [0.15, 0.2) is 0 Å². The Morgan fingerprint density at radius 3 is 2.44 bits per heavy atom. The van der Waals surface area contributed by atoms with Crippen LogP contribution in [0, 0.1) is 11.8 Å². The summed E-state index contributed by atoms with van der Waals surface area (Å²) in [5.41, 5.74) is 0. The number of carbonyl (C=O) groups excluding carboxylic acids is 1. The third kappa shape index (κ3) is 2.76. The Balaban J connectivity index is 1.74. The first-order chi connectivity index (χ1) is 7.66. The van der Waals surface area contributed by atoms with Gasteiger partial charge in [0.1, 0.15) is 0 Å². The molecule has 2 aliphatic rings. The lowest BCUT2D eigenvalue weighted by molar-refractivity contribution is -0.136. The van der Waals surface area contributed by atoms with Gasteiger partial charge < -0.3 is 10.0 Å². The van der Waals surface area contributed by atoms with Gasteiger partial charge in [-0.05, 0) is 31.6 Å². The minimum absolute atomic E-state index is 0.108. The zero-order valence-electron chi connectivity index (χ0n) is 10.2. The quantitative estimate of drug-likeness (QED) is 0.795. The fourth-order valence-electron chi connectivity index (χ4n) is 2.99. The molecule has 0 aromatic heterocycles. The van der Waals surface area contributed by atoms with E-state index < -0.39 is 0 Å². The van der Waals surface area contributed by atoms with Gasteiger partial charge in [-0.15, -0.1) is 0 Å². The Morgan fingerprint density at radius 2 is 1.88 bits per heavy atom. The van der Waals surface area contributed by atoms with Crippen LogP contribution in [0.3, 0.4) is 0 Å². The number of nitrogens with zero attached hydrogens (tertiary/aromatic N) is 1. The van der Waals surface area contributed by atoms with Gasteiger partial charge in [-0.3, -0.25) is 4.79 Å². The van der Waals surface area contributed by atoms with Gasteiger partial charge >= 0.3 is 0 Å². The van der Waals surface area contributed by atoms with Crippen LogP contribution in [0.25, 0.3) is 0 Å². The highest BCUT2D eigenvalue weighted by molar-refractivity contribution is 5.78. The fraction of sp³-hybridized carbons (Fsp3) is 0.923. The van der Waals surface area contributed by atoms with E-state index in [1.54, 1.807) is 0 Å². The molecule has 0 spiro atoms. The second-order valence-electron chi connectivity index (χ2n) is 5.54. The number of carbonyl (C=O) groups is 1. The molecule has 0 aromatic rings. The maximum Gasteiger partial charge on any atom is 0.225 e. The van der Waals surface area contributed by atoms with Crippen LogP contribution in [-0.2, 0) is 4.79 Å². The molecule has 3 heteroatoms. The topological polar surface area (TPSA) is 40.5 Å². The Labute approximate surface area is 97.8 Å². The number of amides is 1. The summed E-state index contributed by atoms with van der Waals surface area (Å²) in [5, 5.41) is 9.22. The van der Waals surface area contributed by atoms with Crippen molar-refractivity contribution < 1.29 is 9.90 Å². The van der Waals surface area contributed by atoms with E-state index in [4.69, 9.17) is 0 Å². The molecule has 0 unspecified atom stereocenters. The molecule has 2 rings (SSSR count). The van der Waals surface area contributed by atoms with Gasteiger partial charge in [0.2, 0.25) is 5.91 Å². The van der Waals surface area contributed by atoms with Gasteiger partial charge in [0.25, 0.3) is 0 Å². The van der Waals surface area contributed by atoms with E-state index >= 15 is 0 Å². The Morgan fingerprint density at radius 1 is 1.25 bits per heavy atom. The number of hydrogen-bond acceptors (Lipinski definition) is 2. The highest BCUT2D eigenvalue weighted by Gasteiger charge is 2.31. The summed E-state index contributed by atoms with van der Waals surface area (Å²) < 4.78 is 0. The molecule has 0 radical (unpaired) electrons. The summed E-state index contributed by atoms with van der Waals surface area (Å²) in [7, 11) is 1.92. The predicted octanol–water partition coefficient (Wildman–Crippen LogP) is 1.80. The molecule has 0 aliphatic heterocycles. The molecule has 16 heavy (non-hydrogen) atoms. The summed E-state index contributed by atoms with van der Waals surface area (Å²) in [6.07, 6.45) is 7.53. The number of aliphatic hydroxyl groups excluding tert-OH is 1. The van der Waals surface area contributed by atoms with Crippen molar-refractivity contribution in [3.8, 4) is 0 Å². The van der Waals surface area contributed by atoms with E-state index in [0.29, 0.717) is 11.8 Å². The third-order valence-corrected chi connectivity index (χ3v) is 4.07. The lowest BCUT2D eigenvalue weighted by Gasteiger charge is -2.36. The fourth-order valence-corrected chi connectivity index (χ4v) is 2.99. The van der Waals surface area contributed by atoms with Crippen molar-refractivity contribution in [2.24, 2.45) is 11.8 Å². The molecule has 0 atom stereocenters. The van der Waals surface area contributed by atoms with Crippen LogP contribution in [0.5, 0.6) is 0 Å². The first kappa shape index (κ1) is 11.9. The second kappa shape index (κ2) is 5.17. The monoisotopic (exact) mass is 225 g/mol. The molecule has 0 aromatic carbocycles. The van der Waals surface area contributed by atoms with Crippen molar-refractivity contribution in [1.29, 1.82) is 0 Å². The van der Waals surface area contributed by atoms with Crippen LogP contribution in [-0.4, -0.2) is 35.6 Å². The maximum absolute atomic E-state index is 12.1. The first-order valence-electron chi connectivity index (χ1n) is 6.60. The maximum atomic E-state index is 12.1. The molecule has 1 N–H and O–H groups in total. The second-order valence-corrected chi connectivity index (χ2v) is 5.54. The highest BCUT2D eigenvalue weighted by atomic mass is 16.3. The molecule has 92 valence electrons. The van der Waals surface area contributed by atoms with Crippen LogP contribution in [0.15, 0.2) is 0 Å². The molecule has 2 saturated carbocycles. The first-order valence-corrected chi connectivity index (χ1v) is 6.60. The van der Waals surface area contributed by atoms with Gasteiger partial charge in [-0.1, -0.05) is 19.3 Å². The molecule has 0 heterocycles. The zero-order valence-corrected chi connectivity index (χ0v) is 10.2. The van der Waals surface area contributed by atoms with Crippen LogP contribution in [0.4, 0.5) is 0 Å². The zero-order chi connectivity index (χ0) is 11.5. The molecule has 2 aliphatic carbocycles. The van der Waals surface area contributed by atoms with Crippen molar-refractivity contribution in [2.75, 3.05) is 13.6 Å². The average Bonchev–Trinajstić information content (AvgIpc) is 2.27. The largest absolute Gasteiger partial charge is 0.393 e. The lowest BCUT2D eigenvalue weighted by atomic mass is 9.81. The molecular weight excluding hydrogens is 202 g/mol. The van der Waals surface area contributed by atoms with Gasteiger partial charge in [0.05, 0.1) is 6.10 Å². The van der Waals surface area contributed by atoms with Gasteiger partial charge in [-0.2, -0.15) is 0 Å². The number of hydrogen-bond donors (Lipinski definition) is 1. The smallest absolute Gasteiger partial charge is 0.225 e. The van der Waals surface area contributed by atoms with E-state index in [1.807, 2.05) is 11.9 Å². The summed E-state index contributed by atoms with van der Waals surface area (Å²) in [6.45, 7) is 0.840. The van der Waals surface area contributed by atoms with E-state index in [1.165, 1.54) is 19.3 Å². The Hall–Kier alpha value is -0.570. The van der Waals surface area contributed by atoms with Crippen molar-refractivity contribution in [2.45, 2.75) is 51.0 Å². The van der Waals surface area contributed by atoms with E-state index in [2.05, 4.69) is 0 Å². The number of rotatable bonds is 3. The molecular formula is C13H23NO2. The predicted molar refractivity (Wildman–Crippen MR) is 62.9 cm³/mol. The van der Waals surface area contributed by atoms with E-state index in [0.717, 1.165) is 32.2 Å². The van der Waals surface area contributed by atoms with Gasteiger partial charge in [0, 0.05) is 19.5 Å². The third-order valence-electron chi connectivity index (χ3n) is 4.07. The summed E-state index contributed by atoms with van der Waals surface area (Å²) in [5.74, 6) is 1.15. The molecule has 3 nitrogen and oxygen atoms in total. The Kier molecular flexibility index (Phi) is 3.85. The molecule has 0 saturated heterocycles. The van der Waals surface area contributed by atoms with Crippen molar-refractivity contribution in [3.05, 3.63) is 0 Å². The lowest BCUT2D eigenvalue weighted by Crippen LogP contribution is -2.42. The standard InChI is InChI=1S/C13H23NO2/c1-14(9-10-7-12(15)8-10)13(16)11-5-3-2-4-6-11/h10-12,15H,2-9H2,1H3. The highest BCUT2D eigenvalue weighted by Crippen LogP contribution is 2.29. The SMILES string of the molecule is CN(CC1CC(O)C1)C(=O)C1CCCCC1. The normalized spacial score (nSPS) is 30.9. The van der Waals surface area contributed by atoms with Crippen LogP contribution in [0.1, 0.15) is 44.9 Å². The molecule has 0 bridgehead atoms. The average molecular weight is 225 g/mol. The molecule has 1 amide bonds.